The van der Waals surface area contributed by atoms with Gasteiger partial charge in [-0.3, -0.25) is 0 Å². The van der Waals surface area contributed by atoms with Gasteiger partial charge in [-0.15, -0.1) is 0 Å². The molecule has 0 radical (unpaired) electrons. The fraction of sp³-hybridized carbons (Fsp3) is 1.00. The SMILES string of the molecule is CNS(=O)(=O)NCCCCCN. The van der Waals surface area contributed by atoms with Crippen LogP contribution < -0.4 is 15.2 Å². The molecule has 6 heteroatoms. The van der Waals surface area contributed by atoms with Gasteiger partial charge in [-0.1, -0.05) is 6.42 Å². The summed E-state index contributed by atoms with van der Waals surface area (Å²) in [4.78, 5) is 0. The number of rotatable bonds is 7. The van der Waals surface area contributed by atoms with Crippen molar-refractivity contribution in [1.29, 1.82) is 0 Å². The molecule has 0 heterocycles. The Kier molecular flexibility index (Phi) is 6.27. The van der Waals surface area contributed by atoms with E-state index < -0.39 is 10.2 Å². The fourth-order valence-corrected chi connectivity index (χ4v) is 1.28. The van der Waals surface area contributed by atoms with Crippen LogP contribution in [-0.2, 0) is 10.2 Å². The van der Waals surface area contributed by atoms with Crippen LogP contribution in [0.25, 0.3) is 0 Å². The van der Waals surface area contributed by atoms with Crippen molar-refractivity contribution in [3.05, 3.63) is 0 Å². The minimum absolute atomic E-state index is 0.475. The molecule has 0 rings (SSSR count). The highest BCUT2D eigenvalue weighted by Gasteiger charge is 2.02. The first kappa shape index (κ1) is 11.8. The lowest BCUT2D eigenvalue weighted by atomic mass is 10.2. The molecule has 0 aliphatic heterocycles. The van der Waals surface area contributed by atoms with Crippen molar-refractivity contribution in [2.75, 3.05) is 20.1 Å². The minimum atomic E-state index is -3.24. The predicted octanol–water partition coefficient (Wildman–Crippen LogP) is -0.831. The third kappa shape index (κ3) is 6.53. The monoisotopic (exact) mass is 195 g/mol. The highest BCUT2D eigenvalue weighted by atomic mass is 32.2. The second-order valence-corrected chi connectivity index (χ2v) is 4.16. The molecule has 0 aliphatic rings. The summed E-state index contributed by atoms with van der Waals surface area (Å²) < 4.78 is 26.1. The Morgan fingerprint density at radius 1 is 1.25 bits per heavy atom. The van der Waals surface area contributed by atoms with E-state index in [9.17, 15) is 8.42 Å². The van der Waals surface area contributed by atoms with Crippen molar-refractivity contribution in [2.45, 2.75) is 19.3 Å². The van der Waals surface area contributed by atoms with E-state index in [-0.39, 0.29) is 0 Å². The number of nitrogens with one attached hydrogen (secondary N) is 2. The van der Waals surface area contributed by atoms with Gasteiger partial charge in [0, 0.05) is 13.6 Å². The average Bonchev–Trinajstić information content (AvgIpc) is 2.04. The van der Waals surface area contributed by atoms with Crippen molar-refractivity contribution >= 4 is 10.2 Å². The number of hydrogen-bond acceptors (Lipinski definition) is 3. The van der Waals surface area contributed by atoms with Gasteiger partial charge in [0.15, 0.2) is 0 Å². The maximum absolute atomic E-state index is 10.8. The molecule has 5 nitrogen and oxygen atoms in total. The van der Waals surface area contributed by atoms with Crippen molar-refractivity contribution in [1.82, 2.24) is 9.44 Å². The second kappa shape index (κ2) is 6.36. The molecular formula is C6H17N3O2S. The normalized spacial score (nSPS) is 11.8. The number of nitrogens with two attached hydrogens (primary N) is 1. The molecule has 0 saturated carbocycles. The van der Waals surface area contributed by atoms with Crippen LogP contribution in [0.5, 0.6) is 0 Å². The maximum atomic E-state index is 10.8. The zero-order valence-corrected chi connectivity index (χ0v) is 8.15. The van der Waals surface area contributed by atoms with E-state index in [1.807, 2.05) is 0 Å². The van der Waals surface area contributed by atoms with Gasteiger partial charge in [-0.25, -0.2) is 9.44 Å². The zero-order chi connectivity index (χ0) is 9.45. The Labute approximate surface area is 73.9 Å². The van der Waals surface area contributed by atoms with Crippen LogP contribution in [0.2, 0.25) is 0 Å². The topological polar surface area (TPSA) is 84.2 Å². The Bertz CT molecular complexity index is 191. The molecule has 0 atom stereocenters. The average molecular weight is 195 g/mol. The number of unbranched alkanes of at least 4 members (excludes halogenated alkanes) is 2. The summed E-state index contributed by atoms with van der Waals surface area (Å²) in [6, 6.07) is 0. The van der Waals surface area contributed by atoms with Gasteiger partial charge < -0.3 is 5.73 Å². The van der Waals surface area contributed by atoms with Crippen molar-refractivity contribution in [3.63, 3.8) is 0 Å². The van der Waals surface area contributed by atoms with Crippen LogP contribution in [-0.4, -0.2) is 28.6 Å². The standard InChI is InChI=1S/C6H17N3O2S/c1-8-12(10,11)9-6-4-2-3-5-7/h8-9H,2-7H2,1H3. The summed E-state index contributed by atoms with van der Waals surface area (Å²) in [6.45, 7) is 1.14. The largest absolute Gasteiger partial charge is 0.330 e. The van der Waals surface area contributed by atoms with Gasteiger partial charge in [-0.2, -0.15) is 8.42 Å². The Morgan fingerprint density at radius 3 is 2.42 bits per heavy atom. The molecule has 0 bridgehead atoms. The highest BCUT2D eigenvalue weighted by molar-refractivity contribution is 7.87. The van der Waals surface area contributed by atoms with Crippen molar-refractivity contribution in [3.8, 4) is 0 Å². The van der Waals surface area contributed by atoms with Gasteiger partial charge in [0.2, 0.25) is 0 Å². The van der Waals surface area contributed by atoms with Crippen molar-refractivity contribution in [2.24, 2.45) is 5.73 Å². The molecule has 0 aromatic heterocycles. The summed E-state index contributed by atoms with van der Waals surface area (Å²) in [7, 11) is -1.86. The van der Waals surface area contributed by atoms with E-state index in [0.29, 0.717) is 13.1 Å². The van der Waals surface area contributed by atoms with Crippen LogP contribution in [0.3, 0.4) is 0 Å². The predicted molar refractivity (Wildman–Crippen MR) is 48.9 cm³/mol. The fourth-order valence-electron chi connectivity index (χ4n) is 0.725. The van der Waals surface area contributed by atoms with Gasteiger partial charge >= 0.3 is 0 Å². The molecule has 0 fully saturated rings. The van der Waals surface area contributed by atoms with Crippen LogP contribution in [0.15, 0.2) is 0 Å². The molecule has 0 unspecified atom stereocenters. The van der Waals surface area contributed by atoms with Gasteiger partial charge in [0.25, 0.3) is 10.2 Å². The maximum Gasteiger partial charge on any atom is 0.276 e. The van der Waals surface area contributed by atoms with E-state index in [1.54, 1.807) is 0 Å². The number of hydrogen-bond donors (Lipinski definition) is 3. The first-order valence-corrected chi connectivity index (χ1v) is 5.49. The highest BCUT2D eigenvalue weighted by Crippen LogP contribution is 1.91. The molecule has 0 aromatic carbocycles. The summed E-state index contributed by atoms with van der Waals surface area (Å²) in [5.41, 5.74) is 5.27. The first-order valence-electron chi connectivity index (χ1n) is 4.00. The Hall–Kier alpha value is -0.170. The molecule has 0 aromatic rings. The molecule has 0 saturated heterocycles. The second-order valence-electron chi connectivity index (χ2n) is 2.45. The summed E-state index contributed by atoms with van der Waals surface area (Å²) in [5, 5.41) is 0. The lowest BCUT2D eigenvalue weighted by molar-refractivity contribution is 0.567. The lowest BCUT2D eigenvalue weighted by Crippen LogP contribution is -2.34. The van der Waals surface area contributed by atoms with E-state index in [2.05, 4.69) is 9.44 Å². The van der Waals surface area contributed by atoms with Crippen LogP contribution in [0.4, 0.5) is 0 Å². The van der Waals surface area contributed by atoms with Gasteiger partial charge in [-0.05, 0) is 19.4 Å². The van der Waals surface area contributed by atoms with E-state index >= 15 is 0 Å². The summed E-state index contributed by atoms with van der Waals surface area (Å²) in [5.74, 6) is 0. The quantitative estimate of drug-likeness (QED) is 0.464. The molecule has 12 heavy (non-hydrogen) atoms. The minimum Gasteiger partial charge on any atom is -0.330 e. The van der Waals surface area contributed by atoms with Crippen LogP contribution in [0.1, 0.15) is 19.3 Å². The smallest absolute Gasteiger partial charge is 0.276 e. The molecule has 74 valence electrons. The van der Waals surface area contributed by atoms with E-state index in [1.165, 1.54) is 7.05 Å². The third-order valence-corrected chi connectivity index (χ3v) is 2.56. The molecular weight excluding hydrogens is 178 g/mol. The Balaban J connectivity index is 3.32. The lowest BCUT2D eigenvalue weighted by Gasteiger charge is -2.03. The molecule has 0 spiro atoms. The molecule has 0 aliphatic carbocycles. The van der Waals surface area contributed by atoms with Gasteiger partial charge in [0.1, 0.15) is 0 Å². The first-order chi connectivity index (χ1) is 5.62. The van der Waals surface area contributed by atoms with Gasteiger partial charge in [0.05, 0.1) is 0 Å². The summed E-state index contributed by atoms with van der Waals surface area (Å²) >= 11 is 0. The van der Waals surface area contributed by atoms with E-state index in [4.69, 9.17) is 5.73 Å². The van der Waals surface area contributed by atoms with E-state index in [0.717, 1.165) is 19.3 Å². The molecule has 4 N–H and O–H groups in total. The van der Waals surface area contributed by atoms with Crippen LogP contribution >= 0.6 is 0 Å². The molecule has 0 amide bonds. The Morgan fingerprint density at radius 2 is 1.92 bits per heavy atom. The van der Waals surface area contributed by atoms with Crippen molar-refractivity contribution < 1.29 is 8.42 Å². The summed E-state index contributed by atoms with van der Waals surface area (Å²) in [6.07, 6.45) is 2.74. The third-order valence-electron chi connectivity index (χ3n) is 1.44. The zero-order valence-electron chi connectivity index (χ0n) is 7.34. The van der Waals surface area contributed by atoms with Crippen LogP contribution in [0, 0.1) is 0 Å².